The highest BCUT2D eigenvalue weighted by Crippen LogP contribution is 2.31. The summed E-state index contributed by atoms with van der Waals surface area (Å²) in [4.78, 5) is 22.1. The topological polar surface area (TPSA) is 99.3 Å². The van der Waals surface area contributed by atoms with Gasteiger partial charge in [0.25, 0.3) is 0 Å². The molecule has 2 aromatic carbocycles. The Morgan fingerprint density at radius 2 is 1.95 bits per heavy atom. The van der Waals surface area contributed by atoms with Gasteiger partial charge in [-0.15, -0.1) is 11.3 Å². The summed E-state index contributed by atoms with van der Waals surface area (Å²) in [7, 11) is 1.32. The SMILES string of the molecule is COC(=O)c1cc2c(nc(Cc3cc(F)c(-c4cccc(OCc5ccc(C#N)cc5)n4)cc3F)n2C[C@@H]2CCO2)s1. The van der Waals surface area contributed by atoms with Crippen molar-refractivity contribution in [2.75, 3.05) is 13.7 Å². The van der Waals surface area contributed by atoms with Crippen LogP contribution < -0.4 is 4.74 Å². The number of carbonyl (C=O) groups is 1. The van der Waals surface area contributed by atoms with E-state index in [1.165, 1.54) is 24.5 Å². The molecule has 4 heterocycles. The van der Waals surface area contributed by atoms with Crippen molar-refractivity contribution in [1.29, 1.82) is 5.26 Å². The summed E-state index contributed by atoms with van der Waals surface area (Å²) in [6.45, 7) is 1.37. The van der Waals surface area contributed by atoms with Crippen LogP contribution >= 0.6 is 11.3 Å². The maximum Gasteiger partial charge on any atom is 0.348 e. The van der Waals surface area contributed by atoms with Gasteiger partial charge in [-0.1, -0.05) is 18.2 Å². The number of aromatic nitrogens is 3. The Labute approximate surface area is 243 Å². The van der Waals surface area contributed by atoms with Crippen LogP contribution in [0.25, 0.3) is 21.6 Å². The van der Waals surface area contributed by atoms with Crippen LogP contribution in [0.5, 0.6) is 5.88 Å². The van der Waals surface area contributed by atoms with E-state index in [2.05, 4.69) is 16.0 Å². The number of pyridine rings is 1. The first-order valence-corrected chi connectivity index (χ1v) is 14.0. The number of carbonyl (C=O) groups excluding carboxylic acids is 1. The molecule has 42 heavy (non-hydrogen) atoms. The molecule has 1 saturated heterocycles. The third-order valence-electron chi connectivity index (χ3n) is 7.05. The van der Waals surface area contributed by atoms with Gasteiger partial charge in [0.15, 0.2) is 0 Å². The number of thiophene rings is 1. The summed E-state index contributed by atoms with van der Waals surface area (Å²) in [5, 5.41) is 8.95. The second-order valence-electron chi connectivity index (χ2n) is 9.77. The van der Waals surface area contributed by atoms with Crippen molar-refractivity contribution >= 4 is 27.7 Å². The highest BCUT2D eigenvalue weighted by molar-refractivity contribution is 7.20. The molecule has 1 aliphatic rings. The van der Waals surface area contributed by atoms with Gasteiger partial charge in [-0.2, -0.15) is 5.26 Å². The van der Waals surface area contributed by atoms with E-state index in [9.17, 15) is 4.79 Å². The predicted molar refractivity (Wildman–Crippen MR) is 151 cm³/mol. The van der Waals surface area contributed by atoms with Crippen LogP contribution in [0, 0.1) is 23.0 Å². The fraction of sp³-hybridized carbons (Fsp3) is 0.226. The molecule has 0 unspecified atom stereocenters. The van der Waals surface area contributed by atoms with Gasteiger partial charge in [0, 0.05) is 24.7 Å². The summed E-state index contributed by atoms with van der Waals surface area (Å²) in [5.41, 5.74) is 2.50. The number of rotatable bonds is 9. The number of hydrogen-bond acceptors (Lipinski definition) is 8. The number of ether oxygens (including phenoxy) is 3. The molecule has 8 nitrogen and oxygen atoms in total. The lowest BCUT2D eigenvalue weighted by molar-refractivity contribution is -0.0589. The zero-order chi connectivity index (χ0) is 29.2. The lowest BCUT2D eigenvalue weighted by Gasteiger charge is -2.27. The van der Waals surface area contributed by atoms with E-state index >= 15 is 8.78 Å². The molecule has 1 fully saturated rings. The Kier molecular flexibility index (Phi) is 7.65. The summed E-state index contributed by atoms with van der Waals surface area (Å²) >= 11 is 1.19. The van der Waals surface area contributed by atoms with Gasteiger partial charge in [0.1, 0.15) is 33.8 Å². The van der Waals surface area contributed by atoms with Gasteiger partial charge in [0.05, 0.1) is 42.6 Å². The minimum atomic E-state index is -0.627. The second kappa shape index (κ2) is 11.7. The van der Waals surface area contributed by atoms with E-state index in [0.717, 1.165) is 23.6 Å². The van der Waals surface area contributed by atoms with Crippen LogP contribution in [0.4, 0.5) is 8.78 Å². The first kappa shape index (κ1) is 27.5. The number of benzene rings is 2. The summed E-state index contributed by atoms with van der Waals surface area (Å²) < 4.78 is 48.9. The number of imidazole rings is 1. The average molecular weight is 587 g/mol. The molecule has 0 amide bonds. The zero-order valence-corrected chi connectivity index (χ0v) is 23.3. The third kappa shape index (κ3) is 5.59. The molecule has 5 aromatic rings. The number of hydrogen-bond donors (Lipinski definition) is 0. The largest absolute Gasteiger partial charge is 0.473 e. The smallest absolute Gasteiger partial charge is 0.348 e. The van der Waals surface area contributed by atoms with Crippen LogP contribution in [-0.2, 0) is 29.0 Å². The predicted octanol–water partition coefficient (Wildman–Crippen LogP) is 6.05. The maximum absolute atomic E-state index is 15.4. The fourth-order valence-electron chi connectivity index (χ4n) is 4.70. The molecule has 0 bridgehead atoms. The van der Waals surface area contributed by atoms with E-state index < -0.39 is 17.6 Å². The van der Waals surface area contributed by atoms with Crippen molar-refractivity contribution in [1.82, 2.24) is 14.5 Å². The van der Waals surface area contributed by atoms with Crippen molar-refractivity contribution in [3.8, 4) is 23.2 Å². The lowest BCUT2D eigenvalue weighted by atomic mass is 10.0. The highest BCUT2D eigenvalue weighted by atomic mass is 32.1. The van der Waals surface area contributed by atoms with Gasteiger partial charge < -0.3 is 18.8 Å². The monoisotopic (exact) mass is 586 g/mol. The number of esters is 1. The minimum absolute atomic E-state index is 0.00925. The number of halogens is 2. The fourth-order valence-corrected chi connectivity index (χ4v) is 5.67. The van der Waals surface area contributed by atoms with Crippen LogP contribution in [0.1, 0.15) is 38.6 Å². The molecular formula is C31H24F2N4O4S. The van der Waals surface area contributed by atoms with Crippen LogP contribution in [0.3, 0.4) is 0 Å². The van der Waals surface area contributed by atoms with Crippen molar-refractivity contribution < 1.29 is 27.8 Å². The van der Waals surface area contributed by atoms with Gasteiger partial charge in [-0.3, -0.25) is 0 Å². The molecule has 0 spiro atoms. The van der Waals surface area contributed by atoms with Crippen molar-refractivity contribution in [2.45, 2.75) is 32.1 Å². The third-order valence-corrected chi connectivity index (χ3v) is 8.04. The Hall–Kier alpha value is -4.66. The molecule has 1 aliphatic heterocycles. The standard InChI is InChI=1S/C31H24F2N4O4S/c1-39-31(38)27-14-26-30(42-27)36-28(37(26)16-21-9-10-40-21)12-20-11-24(33)22(13-23(20)32)25-3-2-4-29(35-25)41-17-19-7-5-18(15-34)6-8-19/h2-8,11,13-14,21H,9-10,12,16-17H2,1H3/t21-/m0/s1. The van der Waals surface area contributed by atoms with Gasteiger partial charge >= 0.3 is 5.97 Å². The number of methoxy groups -OCH3 is 1. The van der Waals surface area contributed by atoms with E-state index in [0.29, 0.717) is 34.2 Å². The molecule has 0 saturated carbocycles. The van der Waals surface area contributed by atoms with Crippen molar-refractivity contribution in [2.24, 2.45) is 0 Å². The van der Waals surface area contributed by atoms with Crippen LogP contribution in [-0.4, -0.2) is 40.3 Å². The second-order valence-corrected chi connectivity index (χ2v) is 10.8. The first-order valence-electron chi connectivity index (χ1n) is 13.2. The van der Waals surface area contributed by atoms with Crippen molar-refractivity contribution in [3.63, 3.8) is 0 Å². The molecule has 0 N–H and O–H groups in total. The average Bonchev–Trinajstić information content (AvgIpc) is 3.53. The normalized spacial score (nSPS) is 14.4. The summed E-state index contributed by atoms with van der Waals surface area (Å²) in [6.07, 6.45) is 0.920. The Bertz CT molecular complexity index is 1820. The zero-order valence-electron chi connectivity index (χ0n) is 22.5. The molecule has 0 aliphatic carbocycles. The van der Waals surface area contributed by atoms with Crippen LogP contribution in [0.15, 0.2) is 60.7 Å². The Balaban J connectivity index is 1.24. The number of fused-ring (bicyclic) bond motifs is 1. The number of nitriles is 1. The molecule has 0 radical (unpaired) electrons. The van der Waals surface area contributed by atoms with Gasteiger partial charge in [0.2, 0.25) is 5.88 Å². The summed E-state index contributed by atoms with van der Waals surface area (Å²) in [5.74, 6) is -0.867. The van der Waals surface area contributed by atoms with E-state index in [4.69, 9.17) is 19.5 Å². The molecule has 11 heteroatoms. The Morgan fingerprint density at radius 1 is 1.14 bits per heavy atom. The quantitative estimate of drug-likeness (QED) is 0.194. The molecular weight excluding hydrogens is 562 g/mol. The van der Waals surface area contributed by atoms with Gasteiger partial charge in [-0.25, -0.2) is 23.5 Å². The Morgan fingerprint density at radius 3 is 2.67 bits per heavy atom. The van der Waals surface area contributed by atoms with E-state index in [1.54, 1.807) is 48.5 Å². The lowest BCUT2D eigenvalue weighted by Crippen LogP contribution is -2.31. The van der Waals surface area contributed by atoms with E-state index in [-0.39, 0.29) is 41.8 Å². The molecule has 1 atom stereocenters. The molecule has 6 rings (SSSR count). The van der Waals surface area contributed by atoms with E-state index in [1.807, 2.05) is 4.57 Å². The van der Waals surface area contributed by atoms with Gasteiger partial charge in [-0.05, 0) is 53.9 Å². The highest BCUT2D eigenvalue weighted by Gasteiger charge is 2.25. The summed E-state index contributed by atoms with van der Waals surface area (Å²) in [6, 6.07) is 17.9. The first-order chi connectivity index (χ1) is 20.4. The maximum atomic E-state index is 15.4. The minimum Gasteiger partial charge on any atom is -0.473 e. The number of nitrogens with zero attached hydrogens (tertiary/aromatic N) is 4. The van der Waals surface area contributed by atoms with Crippen molar-refractivity contribution in [3.05, 3.63) is 99.7 Å². The molecule has 212 valence electrons. The molecule has 3 aromatic heterocycles. The van der Waals surface area contributed by atoms with Crippen LogP contribution in [0.2, 0.25) is 0 Å².